The lowest BCUT2D eigenvalue weighted by molar-refractivity contribution is -0.236. The molecule has 0 amide bonds. The van der Waals surface area contributed by atoms with Crippen LogP contribution in [-0.2, 0) is 25.7 Å². The molecule has 0 radical (unpaired) electrons. The van der Waals surface area contributed by atoms with Gasteiger partial charge in [-0.15, -0.1) is 0 Å². The van der Waals surface area contributed by atoms with Gasteiger partial charge >= 0.3 is 11.9 Å². The smallest absolute Gasteiger partial charge is 0.309 e. The molecule has 0 spiro atoms. The highest BCUT2D eigenvalue weighted by atomic mass is 35.5. The van der Waals surface area contributed by atoms with E-state index in [2.05, 4.69) is 90.6 Å². The highest BCUT2D eigenvalue weighted by molar-refractivity contribution is 6.30. The fourth-order valence-electron chi connectivity index (χ4n) is 15.1. The molecule has 8 heteroatoms. The summed E-state index contributed by atoms with van der Waals surface area (Å²) in [6, 6.07) is 8.28. The Kier molecular flexibility index (Phi) is 11.6. The number of halogens is 1. The summed E-state index contributed by atoms with van der Waals surface area (Å²) < 4.78 is 6.46. The predicted molar refractivity (Wildman–Crippen MR) is 232 cm³/mol. The molecule has 6 aliphatic carbocycles. The van der Waals surface area contributed by atoms with Crippen molar-refractivity contribution in [3.63, 3.8) is 0 Å². The number of nitrogens with zero attached hydrogens (tertiary/aromatic N) is 2. The van der Waals surface area contributed by atoms with E-state index in [9.17, 15) is 19.5 Å². The minimum absolute atomic E-state index is 0.0702. The first-order valence-electron chi connectivity index (χ1n) is 22.8. The highest BCUT2D eigenvalue weighted by Gasteiger charge is 2.70. The lowest BCUT2D eigenvalue weighted by Gasteiger charge is -2.72. The van der Waals surface area contributed by atoms with E-state index < -0.39 is 17.3 Å². The van der Waals surface area contributed by atoms with Crippen LogP contribution in [0.5, 0.6) is 0 Å². The van der Waals surface area contributed by atoms with Crippen molar-refractivity contribution in [3.05, 3.63) is 46.0 Å². The van der Waals surface area contributed by atoms with Gasteiger partial charge in [-0.1, -0.05) is 91.6 Å². The van der Waals surface area contributed by atoms with Crippen molar-refractivity contribution in [1.82, 2.24) is 9.80 Å². The molecule has 7 rings (SSSR count). The number of carboxylic acid groups (broad SMARTS) is 1. The van der Waals surface area contributed by atoms with Crippen LogP contribution < -0.4 is 0 Å². The molecular weight excluding hydrogens is 744 g/mol. The largest absolute Gasteiger partial charge is 0.481 e. The first kappa shape index (κ1) is 43.9. The monoisotopic (exact) mass is 819 g/mol. The van der Waals surface area contributed by atoms with Crippen molar-refractivity contribution >= 4 is 29.3 Å². The second kappa shape index (κ2) is 15.3. The van der Waals surface area contributed by atoms with Crippen LogP contribution in [0.15, 0.2) is 35.4 Å². The molecule has 5 fully saturated rings. The second-order valence-electron chi connectivity index (χ2n) is 22.7. The summed E-state index contributed by atoms with van der Waals surface area (Å²) in [4.78, 5) is 44.7. The molecule has 58 heavy (non-hydrogen) atoms. The third-order valence-electron chi connectivity index (χ3n) is 18.7. The van der Waals surface area contributed by atoms with Crippen molar-refractivity contribution in [2.45, 2.75) is 146 Å². The molecule has 0 bridgehead atoms. The Morgan fingerprint density at radius 1 is 0.862 bits per heavy atom. The summed E-state index contributed by atoms with van der Waals surface area (Å²) in [6.07, 6.45) is 10.7. The number of Topliss-reactive ketones (excluding diaryl/α,β-unsaturated/α-hetero) is 1. The van der Waals surface area contributed by atoms with Crippen molar-refractivity contribution in [1.29, 1.82) is 0 Å². The van der Waals surface area contributed by atoms with E-state index in [1.165, 1.54) is 17.6 Å². The Bertz CT molecular complexity index is 1820. The second-order valence-corrected chi connectivity index (χ2v) is 23.2. The number of fused-ring (bicyclic) bond motifs is 7. The van der Waals surface area contributed by atoms with Gasteiger partial charge in [-0.25, -0.2) is 0 Å². The molecular formula is C50H75ClN2O5. The van der Waals surface area contributed by atoms with E-state index in [1.54, 1.807) is 5.57 Å². The fraction of sp³-hybridized carbons (Fsp3) is 0.780. The molecule has 1 aromatic carbocycles. The minimum atomic E-state index is -0.816. The quantitative estimate of drug-likeness (QED) is 0.210. The maximum absolute atomic E-state index is 14.3. The zero-order chi connectivity index (χ0) is 42.4. The molecule has 0 aliphatic heterocycles. The number of carbonyl (C=O) groups is 3. The van der Waals surface area contributed by atoms with Crippen LogP contribution in [-0.4, -0.2) is 72.5 Å². The Labute approximate surface area is 355 Å². The summed E-state index contributed by atoms with van der Waals surface area (Å²) in [5.41, 5.74) is 3.48. The van der Waals surface area contributed by atoms with Gasteiger partial charge in [0.2, 0.25) is 0 Å². The van der Waals surface area contributed by atoms with Crippen LogP contribution in [0.1, 0.15) is 139 Å². The number of benzene rings is 1. The van der Waals surface area contributed by atoms with Crippen LogP contribution in [0, 0.1) is 68.0 Å². The summed E-state index contributed by atoms with van der Waals surface area (Å²) in [6.45, 7) is 24.7. The van der Waals surface area contributed by atoms with Gasteiger partial charge in [-0.3, -0.25) is 19.3 Å². The minimum Gasteiger partial charge on any atom is -0.481 e. The third-order valence-corrected chi connectivity index (χ3v) is 18.9. The summed E-state index contributed by atoms with van der Waals surface area (Å²) in [7, 11) is 4.29. The normalized spacial score (nSPS) is 38.8. The molecule has 10 atom stereocenters. The summed E-state index contributed by atoms with van der Waals surface area (Å²) in [5, 5.41) is 10.5. The molecule has 5 saturated carbocycles. The topological polar surface area (TPSA) is 87.2 Å². The number of allylic oxidation sites excluding steroid dienone is 2. The van der Waals surface area contributed by atoms with Gasteiger partial charge in [-0.05, 0) is 153 Å². The van der Waals surface area contributed by atoms with Gasteiger partial charge in [0.15, 0.2) is 5.78 Å². The molecule has 7 nitrogen and oxygen atoms in total. The lowest BCUT2D eigenvalue weighted by atomic mass is 9.33. The number of carboxylic acids is 1. The van der Waals surface area contributed by atoms with Crippen LogP contribution in [0.25, 0.3) is 0 Å². The molecule has 322 valence electrons. The molecule has 0 unspecified atom stereocenters. The number of carbonyl (C=O) groups excluding carboxylic acids is 2. The number of ketones is 1. The van der Waals surface area contributed by atoms with E-state index in [4.69, 9.17) is 16.3 Å². The standard InChI is InChI=1S/C50H75ClN2O5/c1-31(2)41-37(54)29-50(23-24-53(26-25-52(10)11)30-32-13-12-14-33(51)27-32)22-21-48(8)34(42(41)50)15-16-39-47(7)19-18-40(46(5,6)38(47)17-20-49(39,48)9)58-44(57)36-28-35(43(55)56)45(36,3)4/h12-14,27,31,34-36,38-40H,15-26,28-30H2,1-11H3,(H,55,56)/t34-,35+,36-,38+,39-,40+,47+,48-,49-,50-/m1/s1. The molecule has 1 aromatic rings. The number of hydrogen-bond acceptors (Lipinski definition) is 6. The zero-order valence-corrected chi connectivity index (χ0v) is 38.6. The van der Waals surface area contributed by atoms with Gasteiger partial charge in [-0.2, -0.15) is 0 Å². The van der Waals surface area contributed by atoms with Crippen molar-refractivity contribution < 1.29 is 24.2 Å². The molecule has 0 aromatic heterocycles. The maximum Gasteiger partial charge on any atom is 0.309 e. The van der Waals surface area contributed by atoms with Crippen molar-refractivity contribution in [2.75, 3.05) is 33.7 Å². The highest BCUT2D eigenvalue weighted by Crippen LogP contribution is 2.77. The van der Waals surface area contributed by atoms with E-state index in [0.717, 1.165) is 82.6 Å². The SMILES string of the molecule is CC(C)C1=C2[C@H]3CC[C@@H]4[C@@]5(C)CC[C@H](OC(=O)[C@H]6C[C@@H](C(=O)O)C6(C)C)C(C)(C)[C@@H]5CC[C@@]4(C)[C@]3(C)CC[C@@]2(CCN(CCN(C)C)Cc2cccc(Cl)c2)CC1=O. The molecule has 0 heterocycles. The van der Waals surface area contributed by atoms with Crippen LogP contribution in [0.3, 0.4) is 0 Å². The van der Waals surface area contributed by atoms with E-state index >= 15 is 0 Å². The van der Waals surface area contributed by atoms with Gasteiger partial charge in [0.05, 0.1) is 11.8 Å². The molecule has 6 aliphatic rings. The number of aliphatic carboxylic acids is 1. The van der Waals surface area contributed by atoms with Crippen molar-refractivity contribution in [2.24, 2.45) is 68.0 Å². The number of likely N-dealkylation sites (N-methyl/N-ethyl adjacent to an activating group) is 1. The predicted octanol–water partition coefficient (Wildman–Crippen LogP) is 10.7. The number of hydrogen-bond donors (Lipinski definition) is 1. The Hall–Kier alpha value is -2.22. The number of esters is 1. The van der Waals surface area contributed by atoms with Crippen LogP contribution in [0.2, 0.25) is 5.02 Å². The summed E-state index contributed by atoms with van der Waals surface area (Å²) in [5.74, 6) is 0.161. The number of rotatable bonds is 12. The van der Waals surface area contributed by atoms with Crippen LogP contribution in [0.4, 0.5) is 0 Å². The van der Waals surface area contributed by atoms with Crippen molar-refractivity contribution in [3.8, 4) is 0 Å². The van der Waals surface area contributed by atoms with Gasteiger partial charge in [0.1, 0.15) is 6.10 Å². The average molecular weight is 820 g/mol. The Morgan fingerprint density at radius 3 is 2.22 bits per heavy atom. The first-order valence-corrected chi connectivity index (χ1v) is 23.2. The van der Waals surface area contributed by atoms with E-state index in [-0.39, 0.29) is 51.0 Å². The Morgan fingerprint density at radius 2 is 1.59 bits per heavy atom. The van der Waals surface area contributed by atoms with Gasteiger partial charge < -0.3 is 14.7 Å². The summed E-state index contributed by atoms with van der Waals surface area (Å²) >= 11 is 6.45. The first-order chi connectivity index (χ1) is 27.0. The van der Waals surface area contributed by atoms with E-state index in [0.29, 0.717) is 36.4 Å². The zero-order valence-electron chi connectivity index (χ0n) is 37.8. The van der Waals surface area contributed by atoms with Crippen LogP contribution >= 0.6 is 11.6 Å². The maximum atomic E-state index is 14.3. The third kappa shape index (κ3) is 6.95. The average Bonchev–Trinajstić information content (AvgIpc) is 3.42. The molecule has 0 saturated heterocycles. The number of ether oxygens (including phenoxy) is 1. The van der Waals surface area contributed by atoms with Gasteiger partial charge in [0.25, 0.3) is 0 Å². The van der Waals surface area contributed by atoms with Gasteiger partial charge in [0, 0.05) is 41.9 Å². The Balaban J connectivity index is 1.13. The molecule has 1 N–H and O–H groups in total. The fourth-order valence-corrected chi connectivity index (χ4v) is 15.3. The van der Waals surface area contributed by atoms with E-state index in [1.807, 2.05) is 19.9 Å². The lowest BCUT2D eigenvalue weighted by Crippen LogP contribution is -2.66.